The molecule has 0 aliphatic rings. The van der Waals surface area contributed by atoms with E-state index in [-0.39, 0.29) is 0 Å². The van der Waals surface area contributed by atoms with Crippen molar-refractivity contribution >= 4 is 5.69 Å². The highest BCUT2D eigenvalue weighted by atomic mass is 16.5. The molecule has 0 heterocycles. The Morgan fingerprint density at radius 1 is 1.19 bits per heavy atom. The Morgan fingerprint density at radius 2 is 2.00 bits per heavy atom. The second-order valence-corrected chi connectivity index (χ2v) is 4.65. The van der Waals surface area contributed by atoms with Crippen LogP contribution in [0.15, 0.2) is 42.5 Å². The molecule has 0 saturated heterocycles. The van der Waals surface area contributed by atoms with Gasteiger partial charge in [-0.3, -0.25) is 0 Å². The number of ether oxygens (including phenoxy) is 2. The van der Waals surface area contributed by atoms with Crippen LogP contribution in [0.2, 0.25) is 0 Å². The third-order valence-electron chi connectivity index (χ3n) is 3.22. The number of para-hydroxylation sites is 1. The smallest absolute Gasteiger partial charge is 0.136 e. The van der Waals surface area contributed by atoms with Gasteiger partial charge in [0.25, 0.3) is 0 Å². The Balaban J connectivity index is 1.87. The van der Waals surface area contributed by atoms with E-state index in [1.807, 2.05) is 30.3 Å². The summed E-state index contributed by atoms with van der Waals surface area (Å²) in [5, 5.41) is 9.04. The first-order valence-electron chi connectivity index (χ1n) is 6.72. The number of nitrogens with two attached hydrogens (primary N) is 1. The normalized spacial score (nSPS) is 10.1. The van der Waals surface area contributed by atoms with Crippen LogP contribution in [0.25, 0.3) is 0 Å². The van der Waals surface area contributed by atoms with Gasteiger partial charge in [-0.2, -0.15) is 5.26 Å². The molecule has 21 heavy (non-hydrogen) atoms. The molecule has 0 fully saturated rings. The summed E-state index contributed by atoms with van der Waals surface area (Å²) in [6.07, 6.45) is 0.772. The average molecular weight is 282 g/mol. The standard InChI is InChI=1S/C17H18N2O2/c1-20-17-7-6-13(10-15(17)11-18)12-21-9-8-14-4-2-3-5-16(14)19/h2-7,10H,8-9,12,19H2,1H3. The first kappa shape index (κ1) is 14.9. The molecule has 0 radical (unpaired) electrons. The second kappa shape index (κ2) is 7.32. The van der Waals surface area contributed by atoms with Gasteiger partial charge in [0, 0.05) is 5.69 Å². The fourth-order valence-corrected chi connectivity index (χ4v) is 2.07. The predicted octanol–water partition coefficient (Wildman–Crippen LogP) is 2.91. The lowest BCUT2D eigenvalue weighted by Gasteiger charge is -2.08. The molecule has 2 aromatic rings. The molecule has 0 spiro atoms. The van der Waals surface area contributed by atoms with Crippen molar-refractivity contribution in [2.75, 3.05) is 19.5 Å². The van der Waals surface area contributed by atoms with Gasteiger partial charge in [0.2, 0.25) is 0 Å². The van der Waals surface area contributed by atoms with Gasteiger partial charge in [-0.15, -0.1) is 0 Å². The molecule has 0 saturated carbocycles. The van der Waals surface area contributed by atoms with Crippen molar-refractivity contribution in [2.24, 2.45) is 0 Å². The van der Waals surface area contributed by atoms with Crippen molar-refractivity contribution in [3.05, 3.63) is 59.2 Å². The van der Waals surface area contributed by atoms with Crippen molar-refractivity contribution in [3.8, 4) is 11.8 Å². The van der Waals surface area contributed by atoms with Crippen molar-refractivity contribution in [1.29, 1.82) is 5.26 Å². The third-order valence-corrected chi connectivity index (χ3v) is 3.22. The zero-order valence-corrected chi connectivity index (χ0v) is 12.0. The number of benzene rings is 2. The number of rotatable bonds is 6. The largest absolute Gasteiger partial charge is 0.495 e. The number of nitrogens with zero attached hydrogens (tertiary/aromatic N) is 1. The monoisotopic (exact) mass is 282 g/mol. The molecule has 4 nitrogen and oxygen atoms in total. The Kier molecular flexibility index (Phi) is 5.19. The fraction of sp³-hybridized carbons (Fsp3) is 0.235. The van der Waals surface area contributed by atoms with Crippen molar-refractivity contribution in [1.82, 2.24) is 0 Å². The van der Waals surface area contributed by atoms with E-state index in [2.05, 4.69) is 6.07 Å². The Morgan fingerprint density at radius 3 is 2.71 bits per heavy atom. The van der Waals surface area contributed by atoms with Crippen LogP contribution in [0, 0.1) is 11.3 Å². The molecule has 108 valence electrons. The minimum atomic E-state index is 0.464. The quantitative estimate of drug-likeness (QED) is 0.653. The molecular weight excluding hydrogens is 264 g/mol. The van der Waals surface area contributed by atoms with Crippen LogP contribution >= 0.6 is 0 Å². The molecule has 2 aromatic carbocycles. The number of hydrogen-bond donors (Lipinski definition) is 1. The van der Waals surface area contributed by atoms with E-state index >= 15 is 0 Å². The van der Waals surface area contributed by atoms with Gasteiger partial charge in [0.15, 0.2) is 0 Å². The molecule has 0 unspecified atom stereocenters. The van der Waals surface area contributed by atoms with Gasteiger partial charge in [-0.1, -0.05) is 24.3 Å². The summed E-state index contributed by atoms with van der Waals surface area (Å²) in [5.41, 5.74) is 9.23. The molecular formula is C17H18N2O2. The number of anilines is 1. The van der Waals surface area contributed by atoms with E-state index in [0.717, 1.165) is 23.2 Å². The Labute approximate surface area is 124 Å². The van der Waals surface area contributed by atoms with E-state index in [4.69, 9.17) is 20.5 Å². The van der Waals surface area contributed by atoms with Gasteiger partial charge in [0.1, 0.15) is 11.8 Å². The predicted molar refractivity (Wildman–Crippen MR) is 81.9 cm³/mol. The highest BCUT2D eigenvalue weighted by molar-refractivity contribution is 5.46. The zero-order valence-electron chi connectivity index (χ0n) is 12.0. The lowest BCUT2D eigenvalue weighted by Crippen LogP contribution is -2.02. The van der Waals surface area contributed by atoms with Crippen molar-refractivity contribution in [2.45, 2.75) is 13.0 Å². The summed E-state index contributed by atoms with van der Waals surface area (Å²) >= 11 is 0. The van der Waals surface area contributed by atoms with Crippen LogP contribution < -0.4 is 10.5 Å². The SMILES string of the molecule is COc1ccc(COCCc2ccccc2N)cc1C#N. The highest BCUT2D eigenvalue weighted by Crippen LogP contribution is 2.19. The van der Waals surface area contributed by atoms with Gasteiger partial charge < -0.3 is 15.2 Å². The minimum Gasteiger partial charge on any atom is -0.495 e. The number of methoxy groups -OCH3 is 1. The molecule has 0 aromatic heterocycles. The number of hydrogen-bond acceptors (Lipinski definition) is 4. The highest BCUT2D eigenvalue weighted by Gasteiger charge is 2.04. The maximum absolute atomic E-state index is 9.04. The summed E-state index contributed by atoms with van der Waals surface area (Å²) < 4.78 is 10.8. The zero-order chi connectivity index (χ0) is 15.1. The van der Waals surface area contributed by atoms with Gasteiger partial charge in [0.05, 0.1) is 25.9 Å². The lowest BCUT2D eigenvalue weighted by molar-refractivity contribution is 0.124. The van der Waals surface area contributed by atoms with Crippen LogP contribution in [0.1, 0.15) is 16.7 Å². The maximum atomic E-state index is 9.04. The van der Waals surface area contributed by atoms with E-state index < -0.39 is 0 Å². The number of nitriles is 1. The molecule has 2 rings (SSSR count). The summed E-state index contributed by atoms with van der Waals surface area (Å²) in [6.45, 7) is 1.05. The Hall–Kier alpha value is -2.51. The number of nitrogen functional groups attached to an aromatic ring is 1. The first-order valence-corrected chi connectivity index (χ1v) is 6.72. The second-order valence-electron chi connectivity index (χ2n) is 4.65. The molecule has 4 heteroatoms. The van der Waals surface area contributed by atoms with Crippen LogP contribution in [0.5, 0.6) is 5.75 Å². The average Bonchev–Trinajstić information content (AvgIpc) is 2.52. The van der Waals surface area contributed by atoms with Gasteiger partial charge in [-0.25, -0.2) is 0 Å². The molecule has 0 atom stereocenters. The summed E-state index contributed by atoms with van der Waals surface area (Å²) in [5.74, 6) is 0.582. The molecule has 2 N–H and O–H groups in total. The fourth-order valence-electron chi connectivity index (χ4n) is 2.07. The van der Waals surface area contributed by atoms with Crippen LogP contribution in [-0.2, 0) is 17.8 Å². The van der Waals surface area contributed by atoms with E-state index in [1.165, 1.54) is 0 Å². The molecule has 0 aliphatic heterocycles. The maximum Gasteiger partial charge on any atom is 0.136 e. The van der Waals surface area contributed by atoms with E-state index in [1.54, 1.807) is 19.2 Å². The summed E-state index contributed by atoms with van der Waals surface area (Å²) in [6, 6.07) is 15.4. The van der Waals surface area contributed by atoms with Crippen molar-refractivity contribution in [3.63, 3.8) is 0 Å². The molecule has 0 bridgehead atoms. The lowest BCUT2D eigenvalue weighted by atomic mass is 10.1. The third kappa shape index (κ3) is 3.98. The first-order chi connectivity index (χ1) is 10.2. The topological polar surface area (TPSA) is 68.3 Å². The minimum absolute atomic E-state index is 0.464. The molecule has 0 aliphatic carbocycles. The van der Waals surface area contributed by atoms with E-state index in [0.29, 0.717) is 24.5 Å². The Bertz CT molecular complexity index is 647. The van der Waals surface area contributed by atoms with Gasteiger partial charge in [-0.05, 0) is 35.7 Å². The van der Waals surface area contributed by atoms with Crippen molar-refractivity contribution < 1.29 is 9.47 Å². The van der Waals surface area contributed by atoms with Crippen LogP contribution in [-0.4, -0.2) is 13.7 Å². The molecule has 0 amide bonds. The van der Waals surface area contributed by atoms with Gasteiger partial charge >= 0.3 is 0 Å². The van der Waals surface area contributed by atoms with E-state index in [9.17, 15) is 0 Å². The van der Waals surface area contributed by atoms with Crippen LogP contribution in [0.3, 0.4) is 0 Å². The summed E-state index contributed by atoms with van der Waals surface area (Å²) in [7, 11) is 1.55. The van der Waals surface area contributed by atoms with Crippen LogP contribution in [0.4, 0.5) is 5.69 Å². The summed E-state index contributed by atoms with van der Waals surface area (Å²) in [4.78, 5) is 0.